The molecule has 0 bridgehead atoms. The van der Waals surface area contributed by atoms with E-state index in [0.717, 1.165) is 24.2 Å². The topological polar surface area (TPSA) is 52.0 Å². The fourth-order valence-electron chi connectivity index (χ4n) is 2.41. The summed E-state index contributed by atoms with van der Waals surface area (Å²) in [5.41, 5.74) is 2.06. The Morgan fingerprint density at radius 3 is 2.63 bits per heavy atom. The largest absolute Gasteiger partial charge is 0.337 e. The molecule has 3 rings (SSSR count). The van der Waals surface area contributed by atoms with Crippen molar-refractivity contribution in [2.75, 3.05) is 11.5 Å². The Balaban J connectivity index is 1.60. The van der Waals surface area contributed by atoms with E-state index < -0.39 is 9.84 Å². The fraction of sp³-hybridized carbons (Fsp3) is 0.357. The molecule has 0 amide bonds. The van der Waals surface area contributed by atoms with Gasteiger partial charge in [0.05, 0.1) is 23.5 Å². The van der Waals surface area contributed by atoms with E-state index in [-0.39, 0.29) is 0 Å². The number of imidazole rings is 1. The van der Waals surface area contributed by atoms with Gasteiger partial charge in [0.2, 0.25) is 0 Å². The predicted molar refractivity (Wildman–Crippen MR) is 74.4 cm³/mol. The number of hydrogen-bond donors (Lipinski definition) is 0. The number of rotatable bonds is 4. The Morgan fingerprint density at radius 2 is 1.95 bits per heavy atom. The third kappa shape index (κ3) is 2.87. The molecule has 0 unspecified atom stereocenters. The van der Waals surface area contributed by atoms with Crippen LogP contribution in [-0.2, 0) is 16.4 Å². The van der Waals surface area contributed by atoms with Crippen LogP contribution in [0.3, 0.4) is 0 Å². The van der Waals surface area contributed by atoms with Crippen LogP contribution < -0.4 is 0 Å². The highest BCUT2D eigenvalue weighted by Gasteiger charge is 2.32. The number of sulfone groups is 1. The number of hydrogen-bond acceptors (Lipinski definition) is 3. The molecule has 1 aromatic heterocycles. The van der Waals surface area contributed by atoms with Gasteiger partial charge in [0, 0.05) is 18.3 Å². The normalized spacial score (nSPS) is 18.1. The molecule has 2 aromatic rings. The Bertz CT molecular complexity index is 650. The highest BCUT2D eigenvalue weighted by Crippen LogP contribution is 2.23. The van der Waals surface area contributed by atoms with Gasteiger partial charge in [-0.15, -0.1) is 0 Å². The quantitative estimate of drug-likeness (QED) is 0.858. The molecule has 0 N–H and O–H groups in total. The van der Waals surface area contributed by atoms with E-state index in [1.165, 1.54) is 0 Å². The summed E-state index contributed by atoms with van der Waals surface area (Å²) in [5, 5.41) is 0. The first-order chi connectivity index (χ1) is 9.12. The van der Waals surface area contributed by atoms with E-state index in [2.05, 4.69) is 4.98 Å². The van der Waals surface area contributed by atoms with E-state index in [4.69, 9.17) is 0 Å². The van der Waals surface area contributed by atoms with Crippen LogP contribution in [0.4, 0.5) is 0 Å². The van der Waals surface area contributed by atoms with Crippen molar-refractivity contribution >= 4 is 9.84 Å². The molecular weight excluding hydrogens is 260 g/mol. The predicted octanol–water partition coefficient (Wildman–Crippen LogP) is 1.98. The van der Waals surface area contributed by atoms with Crippen molar-refractivity contribution in [2.24, 2.45) is 5.92 Å². The van der Waals surface area contributed by atoms with Crippen molar-refractivity contribution in [3.63, 3.8) is 0 Å². The van der Waals surface area contributed by atoms with E-state index in [0.29, 0.717) is 17.4 Å². The second kappa shape index (κ2) is 4.81. The van der Waals surface area contributed by atoms with Crippen molar-refractivity contribution in [2.45, 2.75) is 13.0 Å². The molecule has 19 heavy (non-hydrogen) atoms. The van der Waals surface area contributed by atoms with Gasteiger partial charge in [0.25, 0.3) is 0 Å². The van der Waals surface area contributed by atoms with Crippen LogP contribution in [0, 0.1) is 5.92 Å². The zero-order chi connectivity index (χ0) is 13.3. The highest BCUT2D eigenvalue weighted by molar-refractivity contribution is 7.92. The summed E-state index contributed by atoms with van der Waals surface area (Å²) in [6.07, 6.45) is 4.74. The second-order valence-electron chi connectivity index (χ2n) is 5.09. The van der Waals surface area contributed by atoms with Gasteiger partial charge in [-0.1, -0.05) is 30.3 Å². The maximum Gasteiger partial charge on any atom is 0.150 e. The third-order valence-corrected chi connectivity index (χ3v) is 5.44. The van der Waals surface area contributed by atoms with Gasteiger partial charge in [-0.05, 0) is 12.3 Å². The summed E-state index contributed by atoms with van der Waals surface area (Å²) in [4.78, 5) is 4.38. The SMILES string of the molecule is O=S1(=O)CC(CCn2cnc(-c3ccccc3)c2)C1. The van der Waals surface area contributed by atoms with Crippen molar-refractivity contribution < 1.29 is 8.42 Å². The molecule has 0 radical (unpaired) electrons. The molecule has 0 aliphatic carbocycles. The van der Waals surface area contributed by atoms with Crippen LogP contribution >= 0.6 is 0 Å². The lowest BCUT2D eigenvalue weighted by Crippen LogP contribution is -2.36. The smallest absolute Gasteiger partial charge is 0.150 e. The van der Waals surface area contributed by atoms with E-state index >= 15 is 0 Å². The van der Waals surface area contributed by atoms with Crippen LogP contribution in [0.25, 0.3) is 11.3 Å². The Hall–Kier alpha value is -1.62. The van der Waals surface area contributed by atoms with E-state index in [9.17, 15) is 8.42 Å². The van der Waals surface area contributed by atoms with Gasteiger partial charge in [-0.3, -0.25) is 0 Å². The third-order valence-electron chi connectivity index (χ3n) is 3.48. The standard InChI is InChI=1S/C14H16N2O2S/c17-19(18)9-12(10-19)6-7-16-8-14(15-11-16)13-4-2-1-3-5-13/h1-5,8,11-12H,6-7,9-10H2. The molecule has 4 nitrogen and oxygen atoms in total. The van der Waals surface area contributed by atoms with Crippen LogP contribution in [0.5, 0.6) is 0 Å². The minimum Gasteiger partial charge on any atom is -0.337 e. The molecule has 1 fully saturated rings. The average molecular weight is 276 g/mol. The first-order valence-electron chi connectivity index (χ1n) is 6.40. The van der Waals surface area contributed by atoms with Gasteiger partial charge in [0.15, 0.2) is 9.84 Å². The molecule has 100 valence electrons. The van der Waals surface area contributed by atoms with Crippen molar-refractivity contribution in [3.8, 4) is 11.3 Å². The highest BCUT2D eigenvalue weighted by atomic mass is 32.2. The Morgan fingerprint density at radius 1 is 1.21 bits per heavy atom. The Kier molecular flexibility index (Phi) is 3.14. The molecule has 0 spiro atoms. The maximum absolute atomic E-state index is 11.1. The van der Waals surface area contributed by atoms with Crippen molar-refractivity contribution in [1.29, 1.82) is 0 Å². The average Bonchev–Trinajstić information content (AvgIpc) is 2.83. The molecular formula is C14H16N2O2S. The van der Waals surface area contributed by atoms with Crippen LogP contribution in [0.15, 0.2) is 42.9 Å². The summed E-state index contributed by atoms with van der Waals surface area (Å²) >= 11 is 0. The van der Waals surface area contributed by atoms with Crippen LogP contribution in [0.2, 0.25) is 0 Å². The summed E-state index contributed by atoms with van der Waals surface area (Å²) in [5.74, 6) is 1.04. The number of benzene rings is 1. The number of nitrogens with zero attached hydrogens (tertiary/aromatic N) is 2. The number of aryl methyl sites for hydroxylation is 1. The molecule has 2 heterocycles. The molecule has 0 saturated carbocycles. The van der Waals surface area contributed by atoms with Gasteiger partial charge in [-0.25, -0.2) is 13.4 Å². The molecule has 1 saturated heterocycles. The van der Waals surface area contributed by atoms with E-state index in [1.807, 2.05) is 47.4 Å². The summed E-state index contributed by atoms with van der Waals surface area (Å²) in [7, 11) is -2.70. The monoisotopic (exact) mass is 276 g/mol. The molecule has 1 aliphatic rings. The summed E-state index contributed by atoms with van der Waals surface area (Å²) in [6.45, 7) is 0.833. The minimum absolute atomic E-state index is 0.326. The lowest BCUT2D eigenvalue weighted by Gasteiger charge is -2.25. The van der Waals surface area contributed by atoms with Crippen molar-refractivity contribution in [1.82, 2.24) is 9.55 Å². The summed E-state index contributed by atoms with van der Waals surface area (Å²) < 4.78 is 24.2. The molecule has 1 aliphatic heterocycles. The zero-order valence-corrected chi connectivity index (χ0v) is 11.4. The second-order valence-corrected chi connectivity index (χ2v) is 7.25. The first kappa shape index (κ1) is 12.4. The van der Waals surface area contributed by atoms with Gasteiger partial charge in [-0.2, -0.15) is 0 Å². The molecule has 1 aromatic carbocycles. The zero-order valence-electron chi connectivity index (χ0n) is 10.6. The first-order valence-corrected chi connectivity index (χ1v) is 8.22. The molecule has 5 heteroatoms. The molecule has 0 atom stereocenters. The Labute approximate surface area is 113 Å². The van der Waals surface area contributed by atoms with Crippen LogP contribution in [-0.4, -0.2) is 29.5 Å². The lowest BCUT2D eigenvalue weighted by atomic mass is 10.1. The number of aromatic nitrogens is 2. The van der Waals surface area contributed by atoms with Crippen LogP contribution in [0.1, 0.15) is 6.42 Å². The van der Waals surface area contributed by atoms with E-state index in [1.54, 1.807) is 0 Å². The van der Waals surface area contributed by atoms with Gasteiger partial charge < -0.3 is 4.57 Å². The maximum atomic E-state index is 11.1. The minimum atomic E-state index is -2.70. The summed E-state index contributed by atoms with van der Waals surface area (Å²) in [6, 6.07) is 10.0. The van der Waals surface area contributed by atoms with Crippen molar-refractivity contribution in [3.05, 3.63) is 42.9 Å². The fourth-order valence-corrected chi connectivity index (χ4v) is 4.08. The van der Waals surface area contributed by atoms with Gasteiger partial charge in [0.1, 0.15) is 0 Å². The lowest BCUT2D eigenvalue weighted by molar-refractivity contribution is 0.466. The van der Waals surface area contributed by atoms with Gasteiger partial charge >= 0.3 is 0 Å².